The van der Waals surface area contributed by atoms with E-state index in [0.717, 1.165) is 23.7 Å². The Kier molecular flexibility index (Phi) is 11.4. The molecule has 0 aromatic rings. The molecule has 2 heterocycles. The fourth-order valence-electron chi connectivity index (χ4n) is 5.92. The number of amides is 1. The van der Waals surface area contributed by atoms with Crippen molar-refractivity contribution in [3.63, 3.8) is 0 Å². The molecule has 0 aromatic heterocycles. The van der Waals surface area contributed by atoms with Crippen LogP contribution >= 0.6 is 0 Å². The molecule has 0 aromatic carbocycles. The van der Waals surface area contributed by atoms with Crippen LogP contribution in [0.4, 0.5) is 4.79 Å². The Labute approximate surface area is 237 Å². The van der Waals surface area contributed by atoms with Crippen LogP contribution in [-0.2, 0) is 23.4 Å². The zero-order chi connectivity index (χ0) is 29.8. The summed E-state index contributed by atoms with van der Waals surface area (Å²) in [6.45, 7) is 22.8. The second kappa shape index (κ2) is 13.3. The van der Waals surface area contributed by atoms with Gasteiger partial charge in [-0.2, -0.15) is 0 Å². The lowest BCUT2D eigenvalue weighted by Crippen LogP contribution is -2.55. The van der Waals surface area contributed by atoms with Crippen LogP contribution in [0.2, 0.25) is 18.1 Å². The summed E-state index contributed by atoms with van der Waals surface area (Å²) in [4.78, 5) is 26.0. The van der Waals surface area contributed by atoms with E-state index >= 15 is 0 Å². The van der Waals surface area contributed by atoms with Crippen molar-refractivity contribution < 1.29 is 33.3 Å². The van der Waals surface area contributed by atoms with E-state index in [1.165, 1.54) is 6.08 Å². The molecule has 39 heavy (non-hydrogen) atoms. The summed E-state index contributed by atoms with van der Waals surface area (Å²) < 4.78 is 25.5. The Morgan fingerprint density at radius 3 is 2.21 bits per heavy atom. The minimum atomic E-state index is -1.91. The van der Waals surface area contributed by atoms with Gasteiger partial charge in [-0.25, -0.2) is 9.59 Å². The van der Waals surface area contributed by atoms with Crippen LogP contribution in [-0.4, -0.2) is 72.7 Å². The third kappa shape index (κ3) is 8.41. The van der Waals surface area contributed by atoms with Gasteiger partial charge in [0.05, 0.1) is 31.0 Å². The summed E-state index contributed by atoms with van der Waals surface area (Å²) >= 11 is 0. The number of aliphatic carboxylic acids is 1. The molecular weight excluding hydrogens is 514 g/mol. The number of carbonyl (C=O) groups excluding carboxylic acids is 1. The SMILES string of the molecule is CC[Si](CC)(CC)O[C@H]1[C@@H](C)[C@@H](C/C=C/C(=O)O)O[C@@H](/C(C)=C/C2COC(C)(C)N2C(=O)OC(C)(C)C)[C@@H]1C. The quantitative estimate of drug-likeness (QED) is 0.177. The molecular formula is C30H53NO7Si. The van der Waals surface area contributed by atoms with E-state index in [1.54, 1.807) is 11.0 Å². The van der Waals surface area contributed by atoms with Crippen molar-refractivity contribution in [2.24, 2.45) is 11.8 Å². The van der Waals surface area contributed by atoms with E-state index in [-0.39, 0.29) is 36.2 Å². The summed E-state index contributed by atoms with van der Waals surface area (Å²) in [7, 11) is -1.91. The first-order chi connectivity index (χ1) is 18.0. The molecule has 0 bridgehead atoms. The predicted octanol–water partition coefficient (Wildman–Crippen LogP) is 6.77. The van der Waals surface area contributed by atoms with Gasteiger partial charge in [0.15, 0.2) is 8.32 Å². The highest BCUT2D eigenvalue weighted by atomic mass is 28.4. The zero-order valence-corrected chi connectivity index (χ0v) is 27.1. The molecule has 0 spiro atoms. The first kappa shape index (κ1) is 33.5. The van der Waals surface area contributed by atoms with Crippen molar-refractivity contribution in [1.29, 1.82) is 0 Å². The first-order valence-electron chi connectivity index (χ1n) is 14.6. The maximum atomic E-state index is 13.2. The molecule has 1 N–H and O–H groups in total. The third-order valence-electron chi connectivity index (χ3n) is 8.38. The van der Waals surface area contributed by atoms with E-state index in [2.05, 4.69) is 40.7 Å². The number of carbonyl (C=O) groups is 2. The molecule has 0 aliphatic carbocycles. The van der Waals surface area contributed by atoms with E-state index in [0.29, 0.717) is 13.0 Å². The molecule has 2 aliphatic rings. The number of carboxylic acids is 1. The zero-order valence-electron chi connectivity index (χ0n) is 26.1. The average Bonchev–Trinajstić information content (AvgIpc) is 3.13. The van der Waals surface area contributed by atoms with Crippen LogP contribution < -0.4 is 0 Å². The normalized spacial score (nSPS) is 30.1. The van der Waals surface area contributed by atoms with Gasteiger partial charge in [-0.15, -0.1) is 0 Å². The summed E-state index contributed by atoms with van der Waals surface area (Å²) in [6, 6.07) is 2.86. The molecule has 9 heteroatoms. The Balaban J connectivity index is 2.42. The summed E-state index contributed by atoms with van der Waals surface area (Å²) in [5, 5.41) is 9.12. The Hall–Kier alpha value is -1.68. The lowest BCUT2D eigenvalue weighted by atomic mass is 9.79. The minimum Gasteiger partial charge on any atom is -0.478 e. The van der Waals surface area contributed by atoms with Gasteiger partial charge < -0.3 is 23.7 Å². The van der Waals surface area contributed by atoms with Crippen LogP contribution in [0.15, 0.2) is 23.8 Å². The molecule has 2 saturated heterocycles. The molecule has 2 aliphatic heterocycles. The number of nitrogens with zero attached hydrogens (tertiary/aromatic N) is 1. The molecule has 6 atom stereocenters. The maximum Gasteiger partial charge on any atom is 0.413 e. The Bertz CT molecular complexity index is 897. The van der Waals surface area contributed by atoms with E-state index < -0.39 is 31.7 Å². The molecule has 8 nitrogen and oxygen atoms in total. The molecule has 1 unspecified atom stereocenters. The van der Waals surface area contributed by atoms with Crippen LogP contribution in [0.5, 0.6) is 0 Å². The summed E-state index contributed by atoms with van der Waals surface area (Å²) in [5.74, 6) is -0.781. The highest BCUT2D eigenvalue weighted by Gasteiger charge is 2.48. The Morgan fingerprint density at radius 1 is 1.10 bits per heavy atom. The lowest BCUT2D eigenvalue weighted by Gasteiger charge is -2.48. The molecule has 0 saturated carbocycles. The second-order valence-corrected chi connectivity index (χ2v) is 17.4. The van der Waals surface area contributed by atoms with E-state index in [1.807, 2.05) is 41.5 Å². The van der Waals surface area contributed by atoms with E-state index in [9.17, 15) is 9.59 Å². The topological polar surface area (TPSA) is 94.5 Å². The second-order valence-electron chi connectivity index (χ2n) is 12.7. The molecule has 2 rings (SSSR count). The number of carboxylic acid groups (broad SMARTS) is 1. The van der Waals surface area contributed by atoms with Gasteiger partial charge in [0.2, 0.25) is 0 Å². The van der Waals surface area contributed by atoms with Crippen molar-refractivity contribution in [3.05, 3.63) is 23.8 Å². The van der Waals surface area contributed by atoms with Gasteiger partial charge >= 0.3 is 12.1 Å². The fraction of sp³-hybridized carbons (Fsp3) is 0.800. The maximum absolute atomic E-state index is 13.2. The van der Waals surface area contributed by atoms with Gasteiger partial charge in [-0.1, -0.05) is 46.8 Å². The monoisotopic (exact) mass is 567 g/mol. The van der Waals surface area contributed by atoms with Crippen LogP contribution in [0.1, 0.15) is 82.6 Å². The lowest BCUT2D eigenvalue weighted by molar-refractivity contribution is -0.143. The number of hydrogen-bond donors (Lipinski definition) is 1. The minimum absolute atomic E-state index is 0.0138. The summed E-state index contributed by atoms with van der Waals surface area (Å²) in [5.41, 5.74) is -0.417. The van der Waals surface area contributed by atoms with Crippen molar-refractivity contribution >= 4 is 20.4 Å². The van der Waals surface area contributed by atoms with Crippen LogP contribution in [0.25, 0.3) is 0 Å². The molecule has 224 valence electrons. The Morgan fingerprint density at radius 2 is 1.69 bits per heavy atom. The van der Waals surface area contributed by atoms with Gasteiger partial charge in [-0.3, -0.25) is 4.90 Å². The fourth-order valence-corrected chi connectivity index (χ4v) is 8.92. The van der Waals surface area contributed by atoms with Gasteiger partial charge in [0.25, 0.3) is 0 Å². The first-order valence-corrected chi connectivity index (χ1v) is 17.1. The van der Waals surface area contributed by atoms with Crippen molar-refractivity contribution in [2.45, 2.75) is 136 Å². The summed E-state index contributed by atoms with van der Waals surface area (Å²) in [6.07, 6.45) is 4.57. The largest absolute Gasteiger partial charge is 0.478 e. The van der Waals surface area contributed by atoms with Gasteiger partial charge in [0.1, 0.15) is 11.3 Å². The van der Waals surface area contributed by atoms with Crippen molar-refractivity contribution in [3.8, 4) is 0 Å². The average molecular weight is 568 g/mol. The number of ether oxygens (including phenoxy) is 3. The highest BCUT2D eigenvalue weighted by Crippen LogP contribution is 2.40. The van der Waals surface area contributed by atoms with Gasteiger partial charge in [-0.05, 0) is 71.7 Å². The number of hydrogen-bond acceptors (Lipinski definition) is 6. The smallest absolute Gasteiger partial charge is 0.413 e. The highest BCUT2D eigenvalue weighted by molar-refractivity contribution is 6.73. The molecule has 0 radical (unpaired) electrons. The van der Waals surface area contributed by atoms with Crippen molar-refractivity contribution in [1.82, 2.24) is 4.90 Å². The standard InChI is InChI=1S/C30H53NO7Si/c1-12-39(13-2,14-3)38-27-21(5)24(16-15-17-25(32)33)36-26(22(27)6)20(4)18-23-19-35-30(10,11)31(23)28(34)37-29(7,8)9/h15,17-18,21-24,26-27H,12-14,16,19H2,1-11H3,(H,32,33)/b17-15+,20-18+/t21-,22-,23?,24+,26-,27-/m0/s1. The number of rotatable bonds is 10. The predicted molar refractivity (Wildman–Crippen MR) is 156 cm³/mol. The van der Waals surface area contributed by atoms with E-state index in [4.69, 9.17) is 23.7 Å². The van der Waals surface area contributed by atoms with Gasteiger partial charge in [0, 0.05) is 17.9 Å². The van der Waals surface area contributed by atoms with Crippen LogP contribution in [0.3, 0.4) is 0 Å². The third-order valence-corrected chi connectivity index (χ3v) is 13.0. The van der Waals surface area contributed by atoms with Crippen LogP contribution in [0, 0.1) is 11.8 Å². The van der Waals surface area contributed by atoms with Crippen molar-refractivity contribution in [2.75, 3.05) is 6.61 Å². The molecule has 2 fully saturated rings. The molecule has 1 amide bonds.